The molecule has 1 N–H and O–H groups in total. The van der Waals surface area contributed by atoms with Crippen LogP contribution in [0.25, 0.3) is 10.8 Å². The fraction of sp³-hybridized carbons (Fsp3) is 0.655. The van der Waals surface area contributed by atoms with Crippen molar-refractivity contribution in [2.45, 2.75) is 97.0 Å². The summed E-state index contributed by atoms with van der Waals surface area (Å²) < 4.78 is 38.1. The quantitative estimate of drug-likeness (QED) is 0.174. The molecule has 0 radical (unpaired) electrons. The van der Waals surface area contributed by atoms with E-state index in [1.54, 1.807) is 55.8 Å². The lowest BCUT2D eigenvalue weighted by Crippen LogP contribution is -2.12. The number of rotatable bonds is 16. The van der Waals surface area contributed by atoms with Crippen molar-refractivity contribution in [2.24, 2.45) is 0 Å². The number of hydrogen-bond donors (Lipinski definition) is 1. The van der Waals surface area contributed by atoms with Gasteiger partial charge in [-0.25, -0.2) is 8.42 Å². The predicted octanol–water partition coefficient (Wildman–Crippen LogP) is 7.71. The molecule has 0 heterocycles. The highest BCUT2D eigenvalue weighted by Crippen LogP contribution is 2.61. The molecule has 2 rings (SSSR count). The van der Waals surface area contributed by atoms with E-state index in [9.17, 15) is 13.0 Å². The summed E-state index contributed by atoms with van der Waals surface area (Å²) in [5.41, 5.74) is 0. The van der Waals surface area contributed by atoms with Gasteiger partial charge in [0.1, 0.15) is 22.5 Å². The van der Waals surface area contributed by atoms with E-state index in [0.29, 0.717) is 11.1 Å². The molecule has 7 heteroatoms. The second kappa shape index (κ2) is 17.3. The first-order valence-corrected chi connectivity index (χ1v) is 17.7. The first-order chi connectivity index (χ1) is 17.1. The van der Waals surface area contributed by atoms with Gasteiger partial charge in [-0.3, -0.25) is 0 Å². The molecule has 2 aromatic rings. The molecule has 0 aliphatic carbocycles. The summed E-state index contributed by atoms with van der Waals surface area (Å²) >= 11 is 0. The first kappa shape index (κ1) is 32.8. The number of aliphatic hydroxyl groups is 1. The van der Waals surface area contributed by atoms with E-state index in [1.807, 2.05) is 0 Å². The van der Waals surface area contributed by atoms with Gasteiger partial charge in [0.25, 0.3) is 0 Å². The van der Waals surface area contributed by atoms with Crippen molar-refractivity contribution in [1.82, 2.24) is 0 Å². The molecule has 1 atom stereocenters. The molecule has 0 amide bonds. The van der Waals surface area contributed by atoms with Gasteiger partial charge in [-0.15, -0.1) is 0 Å². The van der Waals surface area contributed by atoms with E-state index in [4.69, 9.17) is 9.84 Å². The van der Waals surface area contributed by atoms with Crippen molar-refractivity contribution < 1.29 is 22.8 Å². The fourth-order valence-corrected chi connectivity index (χ4v) is 10.1. The number of benzene rings is 2. The Balaban J connectivity index is 0.000000363. The summed E-state index contributed by atoms with van der Waals surface area (Å²) in [5.74, 6) is 0.575. The lowest BCUT2D eigenvalue weighted by Gasteiger charge is -2.28. The third kappa shape index (κ3) is 12.4. The predicted molar refractivity (Wildman–Crippen MR) is 155 cm³/mol. The van der Waals surface area contributed by atoms with Crippen LogP contribution in [0.15, 0.2) is 41.3 Å². The Bertz CT molecular complexity index is 937. The highest BCUT2D eigenvalue weighted by atomic mass is 32.2. The second-order valence-corrected chi connectivity index (χ2v) is 15.8. The molecular formula is C29H49O5PS. The Morgan fingerprint density at radius 3 is 1.67 bits per heavy atom. The van der Waals surface area contributed by atoms with Crippen LogP contribution in [-0.2, 0) is 10.1 Å². The minimum atomic E-state index is -4.44. The van der Waals surface area contributed by atoms with Gasteiger partial charge in [-0.05, 0) is 67.6 Å². The van der Waals surface area contributed by atoms with Crippen molar-refractivity contribution in [3.8, 4) is 5.75 Å². The number of fused-ring (bicyclic) bond motifs is 1. The summed E-state index contributed by atoms with van der Waals surface area (Å²) in [5, 5.41) is 10.5. The van der Waals surface area contributed by atoms with E-state index >= 15 is 0 Å². The van der Waals surface area contributed by atoms with Crippen molar-refractivity contribution in [3.63, 3.8) is 0 Å². The van der Waals surface area contributed by atoms with Crippen LogP contribution in [0.1, 0.15) is 86.0 Å². The molecule has 0 aliphatic heterocycles. The van der Waals surface area contributed by atoms with E-state index in [0.717, 1.165) is 5.39 Å². The van der Waals surface area contributed by atoms with E-state index < -0.39 is 23.5 Å². The van der Waals surface area contributed by atoms with E-state index in [-0.39, 0.29) is 11.5 Å². The molecule has 0 saturated carbocycles. The third-order valence-corrected chi connectivity index (χ3v) is 12.4. The third-order valence-electron chi connectivity index (χ3n) is 6.51. The number of unbranched alkanes of at least 4 members (excludes halogenated alkanes) is 4. The summed E-state index contributed by atoms with van der Waals surface area (Å²) in [6.45, 7) is 11.2. The van der Waals surface area contributed by atoms with Crippen LogP contribution in [0.5, 0.6) is 5.75 Å². The number of ether oxygens (including phenoxy) is 1. The normalized spacial score (nSPS) is 12.8. The first-order valence-electron chi connectivity index (χ1n) is 13.8. The van der Waals surface area contributed by atoms with Gasteiger partial charge in [-0.1, -0.05) is 65.5 Å². The van der Waals surface area contributed by atoms with Crippen molar-refractivity contribution in [1.29, 1.82) is 0 Å². The summed E-state index contributed by atoms with van der Waals surface area (Å²) in [6.07, 6.45) is 17.4. The summed E-state index contributed by atoms with van der Waals surface area (Å²) in [4.78, 5) is -0.252. The Labute approximate surface area is 221 Å². The zero-order valence-electron chi connectivity index (χ0n) is 23.2. The highest BCUT2D eigenvalue weighted by molar-refractivity contribution is 7.85. The average Bonchev–Trinajstić information content (AvgIpc) is 2.86. The smallest absolute Gasteiger partial charge is 0.124 e. The van der Waals surface area contributed by atoms with Crippen LogP contribution < -0.4 is 4.74 Å². The van der Waals surface area contributed by atoms with Crippen LogP contribution in [0.2, 0.25) is 0 Å². The van der Waals surface area contributed by atoms with Crippen LogP contribution in [0.4, 0.5) is 0 Å². The molecule has 0 saturated heterocycles. The van der Waals surface area contributed by atoms with Gasteiger partial charge in [0, 0.05) is 7.26 Å². The topological polar surface area (TPSA) is 86.7 Å². The van der Waals surface area contributed by atoms with E-state index in [2.05, 4.69) is 27.7 Å². The summed E-state index contributed by atoms with van der Waals surface area (Å²) in [6, 6.07) is 9.20. The van der Waals surface area contributed by atoms with Crippen LogP contribution in [0.3, 0.4) is 0 Å². The Hall–Kier alpha value is -1.20. The Kier molecular flexibility index (Phi) is 15.8. The lowest BCUT2D eigenvalue weighted by molar-refractivity contribution is 0.123. The van der Waals surface area contributed by atoms with Gasteiger partial charge in [0.05, 0.1) is 35.6 Å². The number of aliphatic hydroxyl groups excluding tert-OH is 1. The van der Waals surface area contributed by atoms with Crippen LogP contribution in [-0.4, -0.2) is 55.4 Å². The molecule has 0 aromatic heterocycles. The molecule has 0 bridgehead atoms. The van der Waals surface area contributed by atoms with Crippen LogP contribution in [0, 0.1) is 0 Å². The average molecular weight is 541 g/mol. The Morgan fingerprint density at radius 2 is 1.25 bits per heavy atom. The molecular weight excluding hydrogens is 491 g/mol. The molecule has 0 fully saturated rings. The monoisotopic (exact) mass is 540 g/mol. The minimum Gasteiger partial charge on any atom is -0.744 e. The standard InChI is InChI=1S/C16H36P.C13H14O5S/c1-5-9-13-17(14-10-6-2,15-11-7-3)16-12-8-4;1-9(14)8-18-12-4-2-11-7-13(19(15,16)17)5-3-10(11)6-12/h5-16H2,1-4H3;2-7,9,14H,8H2,1H3,(H,15,16,17)/q+1;/p-1. The molecule has 1 unspecified atom stereocenters. The van der Waals surface area contributed by atoms with Gasteiger partial charge in [0.15, 0.2) is 0 Å². The van der Waals surface area contributed by atoms with Gasteiger partial charge >= 0.3 is 0 Å². The maximum atomic E-state index is 10.9. The highest BCUT2D eigenvalue weighted by Gasteiger charge is 2.34. The largest absolute Gasteiger partial charge is 0.744 e. The molecule has 36 heavy (non-hydrogen) atoms. The fourth-order valence-electron chi connectivity index (χ4n) is 4.31. The van der Waals surface area contributed by atoms with Crippen LogP contribution >= 0.6 is 7.26 Å². The van der Waals surface area contributed by atoms with Gasteiger partial charge < -0.3 is 14.4 Å². The van der Waals surface area contributed by atoms with Crippen molar-refractivity contribution >= 4 is 28.2 Å². The number of hydrogen-bond acceptors (Lipinski definition) is 5. The zero-order valence-corrected chi connectivity index (χ0v) is 24.9. The molecule has 206 valence electrons. The van der Waals surface area contributed by atoms with Gasteiger partial charge in [0.2, 0.25) is 0 Å². The van der Waals surface area contributed by atoms with Crippen molar-refractivity contribution in [3.05, 3.63) is 36.4 Å². The molecule has 5 nitrogen and oxygen atoms in total. The molecule has 0 aliphatic rings. The van der Waals surface area contributed by atoms with Gasteiger partial charge in [-0.2, -0.15) is 0 Å². The zero-order chi connectivity index (χ0) is 27.0. The van der Waals surface area contributed by atoms with E-state index in [1.165, 1.54) is 63.5 Å². The lowest BCUT2D eigenvalue weighted by atomic mass is 10.1. The maximum Gasteiger partial charge on any atom is 0.124 e. The second-order valence-electron chi connectivity index (χ2n) is 9.94. The summed E-state index contributed by atoms with van der Waals surface area (Å²) in [7, 11) is -5.00. The molecule has 2 aromatic carbocycles. The van der Waals surface area contributed by atoms with Crippen molar-refractivity contribution in [2.75, 3.05) is 31.3 Å². The SMILES string of the molecule is CC(O)COc1ccc2cc(S(=O)(=O)[O-])ccc2c1.CCCC[P+](CCCC)(CCCC)CCCC. The maximum absolute atomic E-state index is 10.9. The molecule has 0 spiro atoms. The Morgan fingerprint density at radius 1 is 0.806 bits per heavy atom. The minimum absolute atomic E-state index is 0.179.